The summed E-state index contributed by atoms with van der Waals surface area (Å²) in [4.78, 5) is 34.5. The molecule has 1 saturated heterocycles. The van der Waals surface area contributed by atoms with E-state index in [0.29, 0.717) is 18.7 Å². The highest BCUT2D eigenvalue weighted by atomic mass is 16.5. The maximum absolute atomic E-state index is 13.8. The van der Waals surface area contributed by atoms with Crippen LogP contribution in [-0.4, -0.2) is 46.3 Å². The van der Waals surface area contributed by atoms with Crippen LogP contribution in [0.2, 0.25) is 0 Å². The van der Waals surface area contributed by atoms with Gasteiger partial charge in [0, 0.05) is 35.1 Å². The topological polar surface area (TPSA) is 65.6 Å². The Morgan fingerprint density at radius 3 is 2.50 bits per heavy atom. The minimum absolute atomic E-state index is 0.0146. The van der Waals surface area contributed by atoms with Crippen LogP contribution < -0.4 is 4.74 Å². The number of carbonyl (C=O) groups excluding carboxylic acids is 2. The zero-order valence-corrected chi connectivity index (χ0v) is 18.9. The van der Waals surface area contributed by atoms with Gasteiger partial charge in [0.1, 0.15) is 24.4 Å². The van der Waals surface area contributed by atoms with E-state index in [1.807, 2.05) is 72.8 Å². The molecule has 1 aromatic heterocycles. The van der Waals surface area contributed by atoms with Crippen molar-refractivity contribution in [2.75, 3.05) is 13.7 Å². The standard InChI is InChI=1S/C28H25N3O3/c1-34-24-14-8-6-12-20(24)27-26-21(19-11-5-7-13-22(19)29-26)15-23-28(33)30(17-25(32)31(23)27)16-18-9-3-2-4-10-18/h2-14,23,27,29H,15-17H2,1H3/t23-,27+/m0/s1. The summed E-state index contributed by atoms with van der Waals surface area (Å²) in [7, 11) is 1.63. The van der Waals surface area contributed by atoms with Crippen molar-refractivity contribution in [1.29, 1.82) is 0 Å². The van der Waals surface area contributed by atoms with Crippen molar-refractivity contribution in [2.45, 2.75) is 25.0 Å². The molecule has 2 aliphatic heterocycles. The molecule has 0 radical (unpaired) electrons. The largest absolute Gasteiger partial charge is 0.496 e. The minimum atomic E-state index is -0.563. The number of H-pyrrole nitrogens is 1. The second-order valence-corrected chi connectivity index (χ2v) is 8.91. The Hall–Kier alpha value is -4.06. The third-order valence-corrected chi connectivity index (χ3v) is 6.99. The lowest BCUT2D eigenvalue weighted by molar-refractivity contribution is -0.159. The van der Waals surface area contributed by atoms with E-state index >= 15 is 0 Å². The van der Waals surface area contributed by atoms with Crippen molar-refractivity contribution in [2.24, 2.45) is 0 Å². The van der Waals surface area contributed by atoms with Crippen LogP contribution in [-0.2, 0) is 22.6 Å². The molecule has 3 heterocycles. The molecular formula is C28H25N3O3. The number of rotatable bonds is 4. The Morgan fingerprint density at radius 2 is 1.68 bits per heavy atom. The Morgan fingerprint density at radius 1 is 0.941 bits per heavy atom. The highest BCUT2D eigenvalue weighted by Crippen LogP contribution is 2.44. The fourth-order valence-electron chi connectivity index (χ4n) is 5.48. The Bertz CT molecular complexity index is 1390. The monoisotopic (exact) mass is 451 g/mol. The van der Waals surface area contributed by atoms with Crippen molar-refractivity contribution in [3.05, 3.63) is 101 Å². The molecule has 2 aliphatic rings. The van der Waals surface area contributed by atoms with Crippen LogP contribution >= 0.6 is 0 Å². The smallest absolute Gasteiger partial charge is 0.246 e. The molecule has 6 rings (SSSR count). The van der Waals surface area contributed by atoms with E-state index in [2.05, 4.69) is 11.1 Å². The summed E-state index contributed by atoms with van der Waals surface area (Å²) >= 11 is 0. The average Bonchev–Trinajstić information content (AvgIpc) is 3.25. The number of nitrogens with zero attached hydrogens (tertiary/aromatic N) is 2. The number of methoxy groups -OCH3 is 1. The number of hydrogen-bond acceptors (Lipinski definition) is 3. The van der Waals surface area contributed by atoms with Crippen LogP contribution in [0, 0.1) is 0 Å². The van der Waals surface area contributed by atoms with Gasteiger partial charge in [0.2, 0.25) is 11.8 Å². The Balaban J connectivity index is 1.49. The number of benzene rings is 3. The second kappa shape index (κ2) is 8.06. The molecule has 2 amide bonds. The number of ether oxygens (including phenoxy) is 1. The Labute approximate surface area is 197 Å². The molecule has 0 saturated carbocycles. The van der Waals surface area contributed by atoms with Crippen molar-refractivity contribution in [3.8, 4) is 5.75 Å². The number of aromatic amines is 1. The quantitative estimate of drug-likeness (QED) is 0.509. The van der Waals surface area contributed by atoms with Gasteiger partial charge in [-0.2, -0.15) is 0 Å². The minimum Gasteiger partial charge on any atom is -0.496 e. The molecule has 1 N–H and O–H groups in total. The van der Waals surface area contributed by atoms with Gasteiger partial charge < -0.3 is 19.5 Å². The van der Waals surface area contributed by atoms with Crippen LogP contribution in [0.4, 0.5) is 0 Å². The molecule has 6 nitrogen and oxygen atoms in total. The summed E-state index contributed by atoms with van der Waals surface area (Å²) in [6.07, 6.45) is 0.487. The second-order valence-electron chi connectivity index (χ2n) is 8.91. The summed E-state index contributed by atoms with van der Waals surface area (Å²) in [5.74, 6) is 0.629. The third-order valence-electron chi connectivity index (χ3n) is 6.99. The van der Waals surface area contributed by atoms with E-state index in [1.54, 1.807) is 16.9 Å². The SMILES string of the molecule is COc1ccccc1[C@@H]1c2[nH]c3ccccc3c2C[C@H]2C(=O)N(Cc3ccccc3)CC(=O)N12. The van der Waals surface area contributed by atoms with Gasteiger partial charge >= 0.3 is 0 Å². The molecule has 6 heteroatoms. The van der Waals surface area contributed by atoms with Gasteiger partial charge in [-0.15, -0.1) is 0 Å². The summed E-state index contributed by atoms with van der Waals surface area (Å²) < 4.78 is 5.68. The van der Waals surface area contributed by atoms with E-state index in [9.17, 15) is 9.59 Å². The highest BCUT2D eigenvalue weighted by Gasteiger charge is 2.48. The number of para-hydroxylation sites is 2. The average molecular weight is 452 g/mol. The summed E-state index contributed by atoms with van der Waals surface area (Å²) in [6, 6.07) is 24.7. The molecular weight excluding hydrogens is 426 g/mol. The van der Waals surface area contributed by atoms with Crippen LogP contribution in [0.3, 0.4) is 0 Å². The number of carbonyl (C=O) groups is 2. The summed E-state index contributed by atoms with van der Waals surface area (Å²) in [5, 5.41) is 1.09. The number of nitrogens with one attached hydrogen (secondary N) is 1. The van der Waals surface area contributed by atoms with Crippen LogP contribution in [0.5, 0.6) is 5.75 Å². The number of fused-ring (bicyclic) bond motifs is 4. The van der Waals surface area contributed by atoms with E-state index in [0.717, 1.165) is 33.3 Å². The molecule has 0 aliphatic carbocycles. The Kier molecular flexibility index (Phi) is 4.87. The maximum atomic E-state index is 13.8. The number of hydrogen-bond donors (Lipinski definition) is 1. The molecule has 2 atom stereocenters. The van der Waals surface area contributed by atoms with Gasteiger partial charge in [-0.05, 0) is 23.3 Å². The summed E-state index contributed by atoms with van der Waals surface area (Å²) in [5.41, 5.74) is 4.95. The first kappa shape index (κ1) is 20.5. The first-order valence-electron chi connectivity index (χ1n) is 11.5. The predicted molar refractivity (Wildman–Crippen MR) is 129 cm³/mol. The molecule has 0 spiro atoms. The zero-order valence-electron chi connectivity index (χ0n) is 18.9. The van der Waals surface area contributed by atoms with Crippen molar-refractivity contribution < 1.29 is 14.3 Å². The lowest BCUT2D eigenvalue weighted by Gasteiger charge is -2.47. The molecule has 170 valence electrons. The van der Waals surface area contributed by atoms with Gasteiger partial charge in [-0.1, -0.05) is 66.7 Å². The van der Waals surface area contributed by atoms with Gasteiger partial charge in [-0.3, -0.25) is 9.59 Å². The lowest BCUT2D eigenvalue weighted by Crippen LogP contribution is -2.62. The maximum Gasteiger partial charge on any atom is 0.246 e. The van der Waals surface area contributed by atoms with E-state index in [-0.39, 0.29) is 18.4 Å². The molecule has 4 aromatic rings. The van der Waals surface area contributed by atoms with Crippen LogP contribution in [0.1, 0.15) is 28.4 Å². The normalized spacial score (nSPS) is 19.8. The first-order chi connectivity index (χ1) is 16.7. The fraction of sp³-hybridized carbons (Fsp3) is 0.214. The van der Waals surface area contributed by atoms with E-state index < -0.39 is 12.1 Å². The molecule has 3 aromatic carbocycles. The number of aromatic nitrogens is 1. The third kappa shape index (κ3) is 3.17. The van der Waals surface area contributed by atoms with Crippen LogP contribution in [0.15, 0.2) is 78.9 Å². The highest BCUT2D eigenvalue weighted by molar-refractivity contribution is 5.97. The van der Waals surface area contributed by atoms with Crippen molar-refractivity contribution in [1.82, 2.24) is 14.8 Å². The predicted octanol–water partition coefficient (Wildman–Crippen LogP) is 4.06. The van der Waals surface area contributed by atoms with Crippen molar-refractivity contribution in [3.63, 3.8) is 0 Å². The summed E-state index contributed by atoms with van der Waals surface area (Å²) in [6.45, 7) is 0.487. The zero-order chi connectivity index (χ0) is 23.2. The van der Waals surface area contributed by atoms with Gasteiger partial charge in [0.15, 0.2) is 0 Å². The van der Waals surface area contributed by atoms with Gasteiger partial charge in [0.05, 0.1) is 7.11 Å². The van der Waals surface area contributed by atoms with Gasteiger partial charge in [-0.25, -0.2) is 0 Å². The van der Waals surface area contributed by atoms with Gasteiger partial charge in [0.25, 0.3) is 0 Å². The molecule has 1 fully saturated rings. The van der Waals surface area contributed by atoms with E-state index in [4.69, 9.17) is 4.74 Å². The lowest BCUT2D eigenvalue weighted by atomic mass is 9.86. The van der Waals surface area contributed by atoms with Crippen molar-refractivity contribution >= 4 is 22.7 Å². The first-order valence-corrected chi connectivity index (χ1v) is 11.5. The molecule has 0 bridgehead atoms. The van der Waals surface area contributed by atoms with Crippen LogP contribution in [0.25, 0.3) is 10.9 Å². The molecule has 0 unspecified atom stereocenters. The number of piperazine rings is 1. The van der Waals surface area contributed by atoms with E-state index in [1.165, 1.54) is 0 Å². The number of amides is 2. The fourth-order valence-corrected chi connectivity index (χ4v) is 5.48. The molecule has 34 heavy (non-hydrogen) atoms.